The molecular weight excluding hydrogens is 520 g/mol. The summed E-state index contributed by atoms with van der Waals surface area (Å²) in [6, 6.07) is 4.87. The molecule has 2 amide bonds. The molecule has 2 heterocycles. The molecule has 0 spiro atoms. The maximum atomic E-state index is 13.6. The second-order valence-electron chi connectivity index (χ2n) is 12.9. The van der Waals surface area contributed by atoms with Gasteiger partial charge in [-0.25, -0.2) is 0 Å². The van der Waals surface area contributed by atoms with Crippen LogP contribution in [-0.4, -0.2) is 34.6 Å². The summed E-state index contributed by atoms with van der Waals surface area (Å²) in [6.45, 7) is 14.4. The van der Waals surface area contributed by atoms with Gasteiger partial charge in [-0.05, 0) is 102 Å². The Kier molecular flexibility index (Phi) is 8.91. The molecule has 1 aromatic heterocycles. The fourth-order valence-corrected chi connectivity index (χ4v) is 7.56. The zero-order valence-corrected chi connectivity index (χ0v) is 26.6. The number of aromatic nitrogens is 1. The van der Waals surface area contributed by atoms with Crippen LogP contribution in [0, 0.1) is 34.6 Å². The highest BCUT2D eigenvalue weighted by Crippen LogP contribution is 2.41. The van der Waals surface area contributed by atoms with E-state index in [1.54, 1.807) is 0 Å². The number of rotatable bonds is 6. The summed E-state index contributed by atoms with van der Waals surface area (Å²) < 4.78 is 0. The number of nitrogens with zero attached hydrogens (tertiary/aromatic N) is 1. The first-order valence-electron chi connectivity index (χ1n) is 16.0. The van der Waals surface area contributed by atoms with Crippen molar-refractivity contribution in [3.05, 3.63) is 73.7 Å². The minimum absolute atomic E-state index is 0.00739. The van der Waals surface area contributed by atoms with Crippen molar-refractivity contribution in [1.82, 2.24) is 15.6 Å². The molecule has 1 aromatic carbocycles. The number of carbonyl (C=O) groups is 2. The quantitative estimate of drug-likeness (QED) is 0.335. The van der Waals surface area contributed by atoms with E-state index in [1.807, 2.05) is 27.7 Å². The van der Waals surface area contributed by atoms with Crippen LogP contribution < -0.4 is 10.6 Å². The Bertz CT molecular complexity index is 1470. The van der Waals surface area contributed by atoms with Crippen molar-refractivity contribution in [3.8, 4) is 0 Å². The van der Waals surface area contributed by atoms with Gasteiger partial charge in [0.2, 0.25) is 0 Å². The third-order valence-electron chi connectivity index (χ3n) is 9.56. The van der Waals surface area contributed by atoms with Gasteiger partial charge in [-0.1, -0.05) is 56.2 Å². The molecule has 224 valence electrons. The highest BCUT2D eigenvalue weighted by molar-refractivity contribution is 6.24. The van der Waals surface area contributed by atoms with Gasteiger partial charge in [0.1, 0.15) is 0 Å². The Morgan fingerprint density at radius 3 is 1.81 bits per heavy atom. The van der Waals surface area contributed by atoms with Gasteiger partial charge in [-0.15, -0.1) is 0 Å². The Morgan fingerprint density at radius 1 is 0.738 bits per heavy atom. The third-order valence-corrected chi connectivity index (χ3v) is 9.56. The Morgan fingerprint density at radius 2 is 1.26 bits per heavy atom. The maximum Gasteiger partial charge on any atom is 0.253 e. The second kappa shape index (κ2) is 12.4. The molecule has 0 unspecified atom stereocenters. The van der Waals surface area contributed by atoms with Crippen LogP contribution >= 0.6 is 0 Å². The van der Waals surface area contributed by atoms with Crippen LogP contribution in [0.25, 0.3) is 5.57 Å². The number of carbonyl (C=O) groups excluding carboxylic acids is 2. The van der Waals surface area contributed by atoms with Crippen molar-refractivity contribution < 1.29 is 9.59 Å². The number of amides is 2. The van der Waals surface area contributed by atoms with Gasteiger partial charge in [-0.2, -0.15) is 0 Å². The van der Waals surface area contributed by atoms with Crippen LogP contribution in [0.3, 0.4) is 0 Å². The smallest absolute Gasteiger partial charge is 0.253 e. The maximum absolute atomic E-state index is 13.6. The Labute approximate surface area is 251 Å². The van der Waals surface area contributed by atoms with E-state index in [4.69, 9.17) is 4.99 Å². The molecule has 6 heteroatoms. The van der Waals surface area contributed by atoms with Crippen LogP contribution in [0.15, 0.2) is 34.0 Å². The standard InChI is InChI=1S/C36H48N4O2/c1-20-18-21(2)29(22(3)19-20)32(33-23(4)30(25(6)37-33)35(41)39-27-14-10-8-11-15-27)34-24(5)31(26(7)38-34)36(42)40-28-16-12-9-13-17-28/h18-19,27-28,37H,8-17H2,1-7H3,(H,39,41)(H,40,42)/b34-32-. The van der Waals surface area contributed by atoms with Gasteiger partial charge in [-0.3, -0.25) is 14.6 Å². The molecule has 6 nitrogen and oxygen atoms in total. The number of aryl methyl sites for hydroxylation is 4. The lowest BCUT2D eigenvalue weighted by molar-refractivity contribution is -0.117. The van der Waals surface area contributed by atoms with E-state index < -0.39 is 0 Å². The number of allylic oxidation sites excluding steroid dienone is 1. The molecule has 2 fully saturated rings. The first-order valence-corrected chi connectivity index (χ1v) is 16.0. The third kappa shape index (κ3) is 5.91. The number of hydrogen-bond donors (Lipinski definition) is 3. The van der Waals surface area contributed by atoms with Crippen LogP contribution in [-0.2, 0) is 4.79 Å². The first kappa shape index (κ1) is 30.1. The fraction of sp³-hybridized carbons (Fsp3) is 0.528. The minimum Gasteiger partial charge on any atom is -0.358 e. The van der Waals surface area contributed by atoms with E-state index in [9.17, 15) is 9.59 Å². The zero-order chi connectivity index (χ0) is 30.1. The highest BCUT2D eigenvalue weighted by atomic mass is 16.2. The van der Waals surface area contributed by atoms with E-state index >= 15 is 0 Å². The lowest BCUT2D eigenvalue weighted by atomic mass is 9.87. The van der Waals surface area contributed by atoms with Crippen molar-refractivity contribution in [2.24, 2.45) is 4.99 Å². The van der Waals surface area contributed by atoms with E-state index in [0.29, 0.717) is 11.1 Å². The van der Waals surface area contributed by atoms with Gasteiger partial charge in [0, 0.05) is 23.4 Å². The summed E-state index contributed by atoms with van der Waals surface area (Å²) in [6.07, 6.45) is 11.3. The molecule has 1 aliphatic heterocycles. The van der Waals surface area contributed by atoms with Crippen molar-refractivity contribution in [2.75, 3.05) is 0 Å². The number of hydrogen-bond acceptors (Lipinski definition) is 3. The SMILES string of the molecule is CC1=N/C(=C(\c2[nH]c(C)c(C(=O)NC3CCCCC3)c2C)c2c(C)cc(C)cc2C)C(C)=C1C(=O)NC1CCCCC1. The Balaban J connectivity index is 1.63. The molecular formula is C36H48N4O2. The summed E-state index contributed by atoms with van der Waals surface area (Å²) in [7, 11) is 0. The molecule has 0 saturated heterocycles. The summed E-state index contributed by atoms with van der Waals surface area (Å²) in [5.74, 6) is -0.0358. The van der Waals surface area contributed by atoms with Gasteiger partial charge < -0.3 is 15.6 Å². The molecule has 5 rings (SSSR count). The first-order chi connectivity index (χ1) is 20.1. The molecule has 2 aromatic rings. The predicted molar refractivity (Wildman–Crippen MR) is 172 cm³/mol. The van der Waals surface area contributed by atoms with E-state index in [0.717, 1.165) is 81.9 Å². The van der Waals surface area contributed by atoms with Crippen molar-refractivity contribution in [1.29, 1.82) is 0 Å². The van der Waals surface area contributed by atoms with Gasteiger partial charge >= 0.3 is 0 Å². The Hall–Kier alpha value is -3.41. The minimum atomic E-state index is -0.0284. The molecule has 3 N–H and O–H groups in total. The number of aromatic amines is 1. The molecule has 0 radical (unpaired) electrons. The average Bonchev–Trinajstić information content (AvgIpc) is 3.40. The van der Waals surface area contributed by atoms with Crippen molar-refractivity contribution in [2.45, 2.75) is 125 Å². The highest BCUT2D eigenvalue weighted by Gasteiger charge is 2.32. The monoisotopic (exact) mass is 568 g/mol. The van der Waals surface area contributed by atoms with E-state index in [-0.39, 0.29) is 23.9 Å². The predicted octanol–water partition coefficient (Wildman–Crippen LogP) is 7.62. The summed E-state index contributed by atoms with van der Waals surface area (Å²) in [5, 5.41) is 6.63. The van der Waals surface area contributed by atoms with Crippen LogP contribution in [0.1, 0.15) is 128 Å². The number of aliphatic imine (C=N–C) groups is 1. The van der Waals surface area contributed by atoms with Crippen LogP contribution in [0.2, 0.25) is 0 Å². The zero-order valence-electron chi connectivity index (χ0n) is 26.6. The van der Waals surface area contributed by atoms with E-state index in [1.165, 1.54) is 44.1 Å². The van der Waals surface area contributed by atoms with Gasteiger partial charge in [0.25, 0.3) is 11.8 Å². The molecule has 3 aliphatic rings. The normalized spacial score (nSPS) is 19.6. The molecule has 2 aliphatic carbocycles. The summed E-state index contributed by atoms with van der Waals surface area (Å²) in [4.78, 5) is 36.0. The van der Waals surface area contributed by atoms with Crippen molar-refractivity contribution in [3.63, 3.8) is 0 Å². The number of H-pyrrole nitrogens is 1. The largest absolute Gasteiger partial charge is 0.358 e. The van der Waals surface area contributed by atoms with Crippen LogP contribution in [0.5, 0.6) is 0 Å². The molecule has 0 bridgehead atoms. The second-order valence-corrected chi connectivity index (χ2v) is 12.9. The number of nitrogens with one attached hydrogen (secondary N) is 3. The summed E-state index contributed by atoms with van der Waals surface area (Å²) >= 11 is 0. The lowest BCUT2D eigenvalue weighted by Gasteiger charge is -2.23. The average molecular weight is 569 g/mol. The van der Waals surface area contributed by atoms with Crippen LogP contribution in [0.4, 0.5) is 0 Å². The van der Waals surface area contributed by atoms with E-state index in [2.05, 4.69) is 48.5 Å². The van der Waals surface area contributed by atoms with Gasteiger partial charge in [0.15, 0.2) is 0 Å². The lowest BCUT2D eigenvalue weighted by Crippen LogP contribution is -2.38. The molecule has 2 saturated carbocycles. The fourth-order valence-electron chi connectivity index (χ4n) is 7.56. The van der Waals surface area contributed by atoms with Crippen molar-refractivity contribution >= 4 is 23.1 Å². The molecule has 42 heavy (non-hydrogen) atoms. The summed E-state index contributed by atoms with van der Waals surface area (Å²) in [5.41, 5.74) is 12.1. The van der Waals surface area contributed by atoms with Gasteiger partial charge in [0.05, 0.1) is 28.2 Å². The molecule has 0 atom stereocenters. The number of benzene rings is 1. The topological polar surface area (TPSA) is 86.3 Å².